The molecule has 0 spiro atoms. The maximum atomic E-state index is 11.0. The van der Waals surface area contributed by atoms with Crippen LogP contribution in [-0.2, 0) is 9.59 Å². The molecule has 4 nitrogen and oxygen atoms in total. The number of carbonyl (C=O) groups excluding carboxylic acids is 2. The first-order chi connectivity index (χ1) is 4.66. The average molecular weight is 142 g/mol. The van der Waals surface area contributed by atoms with Crippen molar-refractivity contribution in [2.24, 2.45) is 11.7 Å². The summed E-state index contributed by atoms with van der Waals surface area (Å²) in [6, 6.07) is 0. The van der Waals surface area contributed by atoms with Gasteiger partial charge in [-0.2, -0.15) is 0 Å². The second-order valence-corrected chi connectivity index (χ2v) is 2.45. The monoisotopic (exact) mass is 142 g/mol. The molecule has 1 unspecified atom stereocenters. The van der Waals surface area contributed by atoms with Crippen LogP contribution in [0.1, 0.15) is 13.3 Å². The number of imide groups is 1. The van der Waals surface area contributed by atoms with Gasteiger partial charge >= 0.3 is 0 Å². The van der Waals surface area contributed by atoms with E-state index in [0.717, 1.165) is 4.90 Å². The summed E-state index contributed by atoms with van der Waals surface area (Å²) in [7, 11) is 0. The van der Waals surface area contributed by atoms with Gasteiger partial charge in [-0.3, -0.25) is 14.5 Å². The number of carbonyl (C=O) groups is 2. The molecule has 1 fully saturated rings. The summed E-state index contributed by atoms with van der Waals surface area (Å²) in [5.41, 5.74) is 5.16. The molecule has 0 saturated carbocycles. The lowest BCUT2D eigenvalue weighted by Crippen LogP contribution is -2.35. The Morgan fingerprint density at radius 1 is 1.70 bits per heavy atom. The van der Waals surface area contributed by atoms with Gasteiger partial charge in [-0.25, -0.2) is 0 Å². The summed E-state index contributed by atoms with van der Waals surface area (Å²) in [5, 5.41) is 0. The van der Waals surface area contributed by atoms with E-state index in [1.165, 1.54) is 0 Å². The van der Waals surface area contributed by atoms with Crippen molar-refractivity contribution in [3.8, 4) is 0 Å². The third-order valence-electron chi connectivity index (χ3n) is 1.65. The van der Waals surface area contributed by atoms with Crippen LogP contribution in [0.25, 0.3) is 0 Å². The van der Waals surface area contributed by atoms with E-state index in [-0.39, 0.29) is 24.4 Å². The molecule has 10 heavy (non-hydrogen) atoms. The van der Waals surface area contributed by atoms with Crippen molar-refractivity contribution in [3.05, 3.63) is 0 Å². The first kappa shape index (κ1) is 7.21. The quantitative estimate of drug-likeness (QED) is 0.492. The van der Waals surface area contributed by atoms with Gasteiger partial charge in [-0.1, -0.05) is 6.92 Å². The highest BCUT2D eigenvalue weighted by Crippen LogP contribution is 2.16. The molecule has 1 rings (SSSR count). The third kappa shape index (κ3) is 0.903. The predicted octanol–water partition coefficient (Wildman–Crippen LogP) is -0.702. The maximum Gasteiger partial charge on any atom is 0.233 e. The Morgan fingerprint density at radius 3 is 2.50 bits per heavy atom. The molecule has 0 radical (unpaired) electrons. The second-order valence-electron chi connectivity index (χ2n) is 2.45. The molecule has 1 aliphatic rings. The van der Waals surface area contributed by atoms with E-state index < -0.39 is 0 Å². The fourth-order valence-corrected chi connectivity index (χ4v) is 1.04. The Morgan fingerprint density at radius 2 is 2.30 bits per heavy atom. The van der Waals surface area contributed by atoms with Gasteiger partial charge in [0.15, 0.2) is 0 Å². The fraction of sp³-hybridized carbons (Fsp3) is 0.667. The van der Waals surface area contributed by atoms with E-state index >= 15 is 0 Å². The van der Waals surface area contributed by atoms with Crippen LogP contribution in [0.4, 0.5) is 0 Å². The highest BCUT2D eigenvalue weighted by Gasteiger charge is 2.34. The molecule has 1 atom stereocenters. The number of amides is 2. The SMILES string of the molecule is CC1CC(=O)N(CN)C1=O. The molecule has 0 aromatic heterocycles. The van der Waals surface area contributed by atoms with Crippen molar-refractivity contribution in [1.29, 1.82) is 0 Å². The molecule has 2 N–H and O–H groups in total. The molecule has 0 aliphatic carbocycles. The number of nitrogens with zero attached hydrogens (tertiary/aromatic N) is 1. The summed E-state index contributed by atoms with van der Waals surface area (Å²) in [6.07, 6.45) is 0.316. The number of likely N-dealkylation sites (tertiary alicyclic amines) is 1. The normalized spacial score (nSPS) is 26.2. The summed E-state index contributed by atoms with van der Waals surface area (Å²) in [6.45, 7) is 1.75. The van der Waals surface area contributed by atoms with E-state index in [4.69, 9.17) is 5.73 Å². The Kier molecular flexibility index (Phi) is 1.72. The van der Waals surface area contributed by atoms with Crippen molar-refractivity contribution in [2.75, 3.05) is 6.67 Å². The molecule has 1 aliphatic heterocycles. The molecular formula is C6H10N2O2. The summed E-state index contributed by atoms with van der Waals surface area (Å²) >= 11 is 0. The summed E-state index contributed by atoms with van der Waals surface area (Å²) in [4.78, 5) is 22.9. The van der Waals surface area contributed by atoms with Crippen molar-refractivity contribution in [3.63, 3.8) is 0 Å². The average Bonchev–Trinajstić information content (AvgIpc) is 2.09. The minimum atomic E-state index is -0.170. The maximum absolute atomic E-state index is 11.0. The molecule has 0 aromatic rings. The summed E-state index contributed by atoms with van der Waals surface area (Å²) in [5.74, 6) is -0.469. The lowest BCUT2D eigenvalue weighted by molar-refractivity contribution is -0.139. The van der Waals surface area contributed by atoms with Gasteiger partial charge in [0.2, 0.25) is 11.8 Å². The standard InChI is InChI=1S/C6H10N2O2/c1-4-2-5(9)8(3-7)6(4)10/h4H,2-3,7H2,1H3. The first-order valence-electron chi connectivity index (χ1n) is 3.21. The minimum absolute atomic E-state index is 0.0159. The number of nitrogens with two attached hydrogens (primary N) is 1. The number of hydrogen-bond donors (Lipinski definition) is 1. The van der Waals surface area contributed by atoms with Crippen LogP contribution in [0, 0.1) is 5.92 Å². The van der Waals surface area contributed by atoms with Crippen LogP contribution >= 0.6 is 0 Å². The van der Waals surface area contributed by atoms with Gasteiger partial charge in [-0.05, 0) is 0 Å². The summed E-state index contributed by atoms with van der Waals surface area (Å²) < 4.78 is 0. The molecule has 56 valence electrons. The van der Waals surface area contributed by atoms with Crippen molar-refractivity contribution in [2.45, 2.75) is 13.3 Å². The topological polar surface area (TPSA) is 63.4 Å². The largest absolute Gasteiger partial charge is 0.313 e. The van der Waals surface area contributed by atoms with E-state index in [1.807, 2.05) is 0 Å². The van der Waals surface area contributed by atoms with Crippen LogP contribution in [0.5, 0.6) is 0 Å². The van der Waals surface area contributed by atoms with Crippen molar-refractivity contribution < 1.29 is 9.59 Å². The Hall–Kier alpha value is -0.900. The number of rotatable bonds is 1. The van der Waals surface area contributed by atoms with Gasteiger partial charge in [0.25, 0.3) is 0 Å². The third-order valence-corrected chi connectivity index (χ3v) is 1.65. The molecule has 2 amide bonds. The highest BCUT2D eigenvalue weighted by atomic mass is 16.2. The minimum Gasteiger partial charge on any atom is -0.313 e. The van der Waals surface area contributed by atoms with Crippen LogP contribution in [0.15, 0.2) is 0 Å². The lowest BCUT2D eigenvalue weighted by atomic mass is 10.1. The molecular weight excluding hydrogens is 132 g/mol. The zero-order chi connectivity index (χ0) is 7.72. The van der Waals surface area contributed by atoms with Gasteiger partial charge < -0.3 is 5.73 Å². The van der Waals surface area contributed by atoms with E-state index in [9.17, 15) is 9.59 Å². The highest BCUT2D eigenvalue weighted by molar-refractivity contribution is 6.03. The van der Waals surface area contributed by atoms with Crippen molar-refractivity contribution in [1.82, 2.24) is 4.90 Å². The molecule has 1 heterocycles. The Balaban J connectivity index is 2.74. The molecule has 4 heteroatoms. The van der Waals surface area contributed by atoms with E-state index in [1.54, 1.807) is 6.92 Å². The van der Waals surface area contributed by atoms with Gasteiger partial charge in [0.05, 0.1) is 6.67 Å². The zero-order valence-corrected chi connectivity index (χ0v) is 5.83. The molecule has 0 bridgehead atoms. The Labute approximate surface area is 59.0 Å². The second kappa shape index (κ2) is 2.38. The van der Waals surface area contributed by atoms with Gasteiger partial charge in [-0.15, -0.1) is 0 Å². The smallest absolute Gasteiger partial charge is 0.233 e. The first-order valence-corrected chi connectivity index (χ1v) is 3.21. The van der Waals surface area contributed by atoms with Crippen LogP contribution in [0.3, 0.4) is 0 Å². The van der Waals surface area contributed by atoms with E-state index in [0.29, 0.717) is 6.42 Å². The zero-order valence-electron chi connectivity index (χ0n) is 5.83. The predicted molar refractivity (Wildman–Crippen MR) is 34.7 cm³/mol. The number of hydrogen-bond acceptors (Lipinski definition) is 3. The van der Waals surface area contributed by atoms with Gasteiger partial charge in [0.1, 0.15) is 0 Å². The molecule has 0 aromatic carbocycles. The molecule has 1 saturated heterocycles. The Bertz CT molecular complexity index is 179. The lowest BCUT2D eigenvalue weighted by Gasteiger charge is -2.09. The van der Waals surface area contributed by atoms with Crippen LogP contribution in [-0.4, -0.2) is 23.4 Å². The van der Waals surface area contributed by atoms with Crippen LogP contribution in [0.2, 0.25) is 0 Å². The van der Waals surface area contributed by atoms with E-state index in [2.05, 4.69) is 0 Å². The van der Waals surface area contributed by atoms with Crippen molar-refractivity contribution >= 4 is 11.8 Å². The van der Waals surface area contributed by atoms with Gasteiger partial charge in [0, 0.05) is 12.3 Å². The fourth-order valence-electron chi connectivity index (χ4n) is 1.04. The van der Waals surface area contributed by atoms with Crippen LogP contribution < -0.4 is 5.73 Å².